The molecule has 0 N–H and O–H groups in total. The van der Waals surface area contributed by atoms with E-state index in [0.717, 1.165) is 27.1 Å². The van der Waals surface area contributed by atoms with Gasteiger partial charge in [0.15, 0.2) is 0 Å². The van der Waals surface area contributed by atoms with Crippen molar-refractivity contribution in [2.45, 2.75) is 11.8 Å². The van der Waals surface area contributed by atoms with Gasteiger partial charge in [-0.25, -0.2) is 0 Å². The van der Waals surface area contributed by atoms with E-state index in [1.807, 2.05) is 48.5 Å². The van der Waals surface area contributed by atoms with E-state index in [2.05, 4.69) is 0 Å². The average Bonchev–Trinajstić information content (AvgIpc) is 2.85. The quantitative estimate of drug-likeness (QED) is 0.572. The van der Waals surface area contributed by atoms with Crippen molar-refractivity contribution in [3.05, 3.63) is 70.9 Å². The van der Waals surface area contributed by atoms with Gasteiger partial charge in [0.25, 0.3) is 0 Å². The number of hydrogen-bond donors (Lipinski definition) is 0. The van der Waals surface area contributed by atoms with Crippen molar-refractivity contribution in [2.75, 3.05) is 0 Å². The summed E-state index contributed by atoms with van der Waals surface area (Å²) in [4.78, 5) is 0. The Balaban J connectivity index is 1.92. The minimum atomic E-state index is -0.149. The van der Waals surface area contributed by atoms with Gasteiger partial charge in [0.1, 0.15) is 5.58 Å². The van der Waals surface area contributed by atoms with E-state index < -0.39 is 0 Å². The van der Waals surface area contributed by atoms with Crippen molar-refractivity contribution in [1.29, 1.82) is 0 Å². The number of alkyl halides is 1. The number of halogens is 2. The highest BCUT2D eigenvalue weighted by molar-refractivity contribution is 6.31. The Kier molecular flexibility index (Phi) is 3.50. The molecule has 3 rings (SSSR count). The SMILES string of the molecule is Clc1ccccc1CC(Cl)c1coc2ccccc12. The Morgan fingerprint density at radius 2 is 1.74 bits per heavy atom. The summed E-state index contributed by atoms with van der Waals surface area (Å²) in [6.45, 7) is 0. The van der Waals surface area contributed by atoms with E-state index in [4.69, 9.17) is 27.6 Å². The maximum atomic E-state index is 6.51. The average molecular weight is 291 g/mol. The van der Waals surface area contributed by atoms with Crippen LogP contribution in [0.25, 0.3) is 11.0 Å². The van der Waals surface area contributed by atoms with E-state index in [1.165, 1.54) is 0 Å². The predicted molar refractivity (Wildman–Crippen MR) is 80.0 cm³/mol. The fraction of sp³-hybridized carbons (Fsp3) is 0.125. The molecule has 1 heterocycles. The van der Waals surface area contributed by atoms with Crippen molar-refractivity contribution in [2.24, 2.45) is 0 Å². The summed E-state index contributed by atoms with van der Waals surface area (Å²) in [5, 5.41) is 1.67. The molecule has 0 saturated carbocycles. The van der Waals surface area contributed by atoms with Gasteiger partial charge < -0.3 is 4.42 Å². The molecule has 2 aromatic carbocycles. The van der Waals surface area contributed by atoms with Crippen LogP contribution < -0.4 is 0 Å². The first kappa shape index (κ1) is 12.6. The van der Waals surface area contributed by atoms with Crippen molar-refractivity contribution in [1.82, 2.24) is 0 Å². The second kappa shape index (κ2) is 5.28. The first-order valence-corrected chi connectivity index (χ1v) is 6.91. The van der Waals surface area contributed by atoms with Crippen LogP contribution in [0, 0.1) is 0 Å². The molecule has 1 atom stereocenters. The third kappa shape index (κ3) is 2.49. The molecule has 0 aliphatic heterocycles. The van der Waals surface area contributed by atoms with Gasteiger partial charge in [0, 0.05) is 16.0 Å². The maximum Gasteiger partial charge on any atom is 0.134 e. The van der Waals surface area contributed by atoms with Gasteiger partial charge in [-0.15, -0.1) is 11.6 Å². The zero-order valence-electron chi connectivity index (χ0n) is 10.1. The first-order chi connectivity index (χ1) is 9.25. The normalized spacial score (nSPS) is 12.7. The molecule has 0 aliphatic rings. The maximum absolute atomic E-state index is 6.51. The lowest BCUT2D eigenvalue weighted by Gasteiger charge is -2.09. The summed E-state index contributed by atoms with van der Waals surface area (Å²) in [6.07, 6.45) is 2.42. The number of fused-ring (bicyclic) bond motifs is 1. The van der Waals surface area contributed by atoms with Gasteiger partial charge in [-0.2, -0.15) is 0 Å². The Morgan fingerprint density at radius 1 is 1.00 bits per heavy atom. The number of hydrogen-bond acceptors (Lipinski definition) is 1. The van der Waals surface area contributed by atoms with Crippen LogP contribution in [-0.4, -0.2) is 0 Å². The summed E-state index contributed by atoms with van der Waals surface area (Å²) < 4.78 is 5.52. The van der Waals surface area contributed by atoms with Crippen molar-refractivity contribution in [3.63, 3.8) is 0 Å². The lowest BCUT2D eigenvalue weighted by Crippen LogP contribution is -1.95. The van der Waals surface area contributed by atoms with Crippen molar-refractivity contribution in [3.8, 4) is 0 Å². The molecule has 19 heavy (non-hydrogen) atoms. The molecule has 3 aromatic rings. The standard InChI is InChI=1S/C16H12Cl2O/c17-14-7-3-1-5-11(14)9-15(18)13-10-19-16-8-4-2-6-12(13)16/h1-8,10,15H,9H2. The van der Waals surface area contributed by atoms with E-state index in [0.29, 0.717) is 6.42 Å². The molecule has 96 valence electrons. The second-order valence-corrected chi connectivity index (χ2v) is 5.38. The van der Waals surface area contributed by atoms with Gasteiger partial charge in [-0.3, -0.25) is 0 Å². The third-order valence-electron chi connectivity index (χ3n) is 3.21. The van der Waals surface area contributed by atoms with Crippen LogP contribution in [-0.2, 0) is 6.42 Å². The minimum absolute atomic E-state index is 0.149. The molecule has 0 radical (unpaired) electrons. The van der Waals surface area contributed by atoms with Gasteiger partial charge in [-0.1, -0.05) is 48.0 Å². The topological polar surface area (TPSA) is 13.1 Å². The van der Waals surface area contributed by atoms with E-state index >= 15 is 0 Å². The summed E-state index contributed by atoms with van der Waals surface area (Å²) in [7, 11) is 0. The molecule has 0 saturated heterocycles. The number of para-hydroxylation sites is 1. The Labute approximate surface area is 121 Å². The zero-order valence-corrected chi connectivity index (χ0v) is 11.7. The Hall–Kier alpha value is -1.44. The fourth-order valence-electron chi connectivity index (χ4n) is 2.21. The van der Waals surface area contributed by atoms with Crippen LogP contribution in [0.1, 0.15) is 16.5 Å². The molecule has 1 aromatic heterocycles. The number of rotatable bonds is 3. The lowest BCUT2D eigenvalue weighted by molar-refractivity contribution is 0.609. The molecule has 3 heteroatoms. The highest BCUT2D eigenvalue weighted by Gasteiger charge is 2.16. The monoisotopic (exact) mass is 290 g/mol. The Bertz CT molecular complexity index is 703. The van der Waals surface area contributed by atoms with Crippen molar-refractivity contribution >= 4 is 34.2 Å². The summed E-state index contributed by atoms with van der Waals surface area (Å²) >= 11 is 12.7. The Morgan fingerprint density at radius 3 is 2.58 bits per heavy atom. The summed E-state index contributed by atoms with van der Waals surface area (Å²) in [6, 6.07) is 15.7. The van der Waals surface area contributed by atoms with Gasteiger partial charge in [0.2, 0.25) is 0 Å². The molecular formula is C16H12Cl2O. The molecule has 0 aliphatic carbocycles. The second-order valence-electron chi connectivity index (χ2n) is 4.45. The minimum Gasteiger partial charge on any atom is -0.464 e. The van der Waals surface area contributed by atoms with E-state index in [-0.39, 0.29) is 5.38 Å². The molecule has 0 fully saturated rings. The van der Waals surface area contributed by atoms with Crippen molar-refractivity contribution < 1.29 is 4.42 Å². The predicted octanol–water partition coefficient (Wildman–Crippen LogP) is 5.61. The highest BCUT2D eigenvalue weighted by atomic mass is 35.5. The third-order valence-corrected chi connectivity index (χ3v) is 3.96. The van der Waals surface area contributed by atoms with Gasteiger partial charge in [-0.05, 0) is 24.1 Å². The number of benzene rings is 2. The van der Waals surface area contributed by atoms with E-state index in [9.17, 15) is 0 Å². The van der Waals surface area contributed by atoms with Gasteiger partial charge >= 0.3 is 0 Å². The highest BCUT2D eigenvalue weighted by Crippen LogP contribution is 2.33. The molecule has 0 spiro atoms. The molecule has 1 nitrogen and oxygen atoms in total. The van der Waals surface area contributed by atoms with Crippen LogP contribution in [0.3, 0.4) is 0 Å². The molecule has 0 bridgehead atoms. The largest absolute Gasteiger partial charge is 0.464 e. The summed E-state index contributed by atoms with van der Waals surface area (Å²) in [5.41, 5.74) is 2.92. The molecular weight excluding hydrogens is 279 g/mol. The summed E-state index contributed by atoms with van der Waals surface area (Å²) in [5.74, 6) is 0. The van der Waals surface area contributed by atoms with Crippen LogP contribution in [0.5, 0.6) is 0 Å². The molecule has 1 unspecified atom stereocenters. The number of furan rings is 1. The fourth-order valence-corrected chi connectivity index (χ4v) is 2.76. The lowest BCUT2D eigenvalue weighted by atomic mass is 10.0. The van der Waals surface area contributed by atoms with Gasteiger partial charge in [0.05, 0.1) is 11.6 Å². The van der Waals surface area contributed by atoms with Crippen LogP contribution in [0.15, 0.2) is 59.2 Å². The van der Waals surface area contributed by atoms with Crippen LogP contribution >= 0.6 is 23.2 Å². The first-order valence-electron chi connectivity index (χ1n) is 6.09. The zero-order chi connectivity index (χ0) is 13.2. The molecule has 0 amide bonds. The van der Waals surface area contributed by atoms with E-state index in [1.54, 1.807) is 6.26 Å². The van der Waals surface area contributed by atoms with Crippen LogP contribution in [0.4, 0.5) is 0 Å². The smallest absolute Gasteiger partial charge is 0.134 e. The van der Waals surface area contributed by atoms with Crippen LogP contribution in [0.2, 0.25) is 5.02 Å².